The van der Waals surface area contributed by atoms with Gasteiger partial charge in [-0.25, -0.2) is 8.42 Å². The van der Waals surface area contributed by atoms with E-state index < -0.39 is 10.0 Å². The minimum absolute atomic E-state index is 0.281. The highest BCUT2D eigenvalue weighted by Crippen LogP contribution is 2.28. The number of nitrogens with zero attached hydrogens (tertiary/aromatic N) is 1. The van der Waals surface area contributed by atoms with Crippen molar-refractivity contribution in [2.24, 2.45) is 0 Å². The molecule has 4 rings (SSSR count). The van der Waals surface area contributed by atoms with Gasteiger partial charge in [-0.05, 0) is 80.2 Å². The zero-order valence-electron chi connectivity index (χ0n) is 17.3. The van der Waals surface area contributed by atoms with Gasteiger partial charge in [-0.3, -0.25) is 4.72 Å². The molecule has 1 aliphatic rings. The fraction of sp³-hybridized carbons (Fsp3) is 0.391. The van der Waals surface area contributed by atoms with Crippen LogP contribution in [0.5, 0.6) is 0 Å². The number of likely N-dealkylation sites (tertiary alicyclic amines) is 1. The molecule has 6 heteroatoms. The summed E-state index contributed by atoms with van der Waals surface area (Å²) in [5.74, 6) is 0.369. The Labute approximate surface area is 173 Å². The number of hydrogen-bond acceptors (Lipinski definition) is 3. The van der Waals surface area contributed by atoms with E-state index in [1.54, 1.807) is 12.1 Å². The summed E-state index contributed by atoms with van der Waals surface area (Å²) in [4.78, 5) is 6.01. The van der Waals surface area contributed by atoms with Gasteiger partial charge in [0, 0.05) is 28.8 Å². The Balaban J connectivity index is 1.58. The van der Waals surface area contributed by atoms with E-state index in [1.807, 2.05) is 30.3 Å². The molecule has 0 bridgehead atoms. The van der Waals surface area contributed by atoms with Crippen molar-refractivity contribution in [3.05, 3.63) is 59.8 Å². The summed E-state index contributed by atoms with van der Waals surface area (Å²) >= 11 is 0. The fourth-order valence-electron chi connectivity index (χ4n) is 4.15. The van der Waals surface area contributed by atoms with Gasteiger partial charge in [0.1, 0.15) is 0 Å². The van der Waals surface area contributed by atoms with Crippen molar-refractivity contribution in [1.82, 2.24) is 9.88 Å². The molecule has 3 aromatic rings. The number of anilines is 1. The minimum atomic E-state index is -3.62. The number of aromatic amines is 1. The van der Waals surface area contributed by atoms with Gasteiger partial charge in [-0.2, -0.15) is 0 Å². The van der Waals surface area contributed by atoms with Crippen LogP contribution in [-0.4, -0.2) is 37.9 Å². The van der Waals surface area contributed by atoms with Crippen LogP contribution >= 0.6 is 0 Å². The molecule has 2 heterocycles. The second kappa shape index (κ2) is 7.84. The summed E-state index contributed by atoms with van der Waals surface area (Å²) in [6.07, 6.45) is 5.48. The number of aromatic nitrogens is 1. The summed E-state index contributed by atoms with van der Waals surface area (Å²) in [6.45, 7) is 5.33. The monoisotopic (exact) mass is 411 g/mol. The Morgan fingerprint density at radius 1 is 1.17 bits per heavy atom. The summed E-state index contributed by atoms with van der Waals surface area (Å²) in [7, 11) is -1.44. The molecule has 5 nitrogen and oxygen atoms in total. The molecule has 0 radical (unpaired) electrons. The van der Waals surface area contributed by atoms with Crippen LogP contribution in [0.4, 0.5) is 5.69 Å². The molecule has 1 fully saturated rings. The standard InChI is InChI=1S/C23H29N3O2S/c1-16(2)17-6-9-21(10-7-17)29(27,28)25-19-8-11-23-22(14-19)18(15-24-23)13-20-5-4-12-26(20)3/h6-11,14-16,20,24-25H,4-5,12-13H2,1-3H3/t20-/m1/s1. The van der Waals surface area contributed by atoms with Crippen molar-refractivity contribution in [3.63, 3.8) is 0 Å². The van der Waals surface area contributed by atoms with Crippen LogP contribution in [0.1, 0.15) is 43.7 Å². The van der Waals surface area contributed by atoms with E-state index in [9.17, 15) is 8.42 Å². The van der Waals surface area contributed by atoms with Crippen LogP contribution in [-0.2, 0) is 16.4 Å². The maximum absolute atomic E-state index is 12.8. The summed E-state index contributed by atoms with van der Waals surface area (Å²) in [5.41, 5.74) is 3.98. The molecule has 154 valence electrons. The van der Waals surface area contributed by atoms with E-state index in [1.165, 1.54) is 18.4 Å². The second-order valence-corrected chi connectivity index (χ2v) is 10.1. The largest absolute Gasteiger partial charge is 0.361 e. The van der Waals surface area contributed by atoms with Gasteiger partial charge in [0.25, 0.3) is 10.0 Å². The number of hydrogen-bond donors (Lipinski definition) is 2. The molecule has 2 N–H and O–H groups in total. The molecular formula is C23H29N3O2S. The zero-order valence-corrected chi connectivity index (χ0v) is 18.1. The quantitative estimate of drug-likeness (QED) is 0.616. The third-order valence-corrected chi connectivity index (χ3v) is 7.40. The van der Waals surface area contributed by atoms with Gasteiger partial charge in [0.2, 0.25) is 0 Å². The van der Waals surface area contributed by atoms with Crippen molar-refractivity contribution in [2.75, 3.05) is 18.3 Å². The highest BCUT2D eigenvalue weighted by molar-refractivity contribution is 7.92. The van der Waals surface area contributed by atoms with Crippen molar-refractivity contribution < 1.29 is 8.42 Å². The number of rotatable bonds is 6. The van der Waals surface area contributed by atoms with Gasteiger partial charge < -0.3 is 9.88 Å². The first kappa shape index (κ1) is 20.0. The van der Waals surface area contributed by atoms with Crippen molar-refractivity contribution in [3.8, 4) is 0 Å². The first-order valence-electron chi connectivity index (χ1n) is 10.3. The fourth-order valence-corrected chi connectivity index (χ4v) is 5.20. The average Bonchev–Trinajstić information content (AvgIpc) is 3.28. The lowest BCUT2D eigenvalue weighted by molar-refractivity contribution is 0.310. The predicted octanol–water partition coefficient (Wildman–Crippen LogP) is 4.73. The van der Waals surface area contributed by atoms with Gasteiger partial charge >= 0.3 is 0 Å². The molecule has 0 aliphatic carbocycles. The van der Waals surface area contributed by atoms with Crippen LogP contribution in [0.25, 0.3) is 10.9 Å². The first-order chi connectivity index (χ1) is 13.8. The van der Waals surface area contributed by atoms with E-state index in [-0.39, 0.29) is 4.90 Å². The van der Waals surface area contributed by atoms with Crippen LogP contribution in [0.15, 0.2) is 53.6 Å². The van der Waals surface area contributed by atoms with E-state index in [0.29, 0.717) is 17.6 Å². The Bertz CT molecular complexity index is 1100. The van der Waals surface area contributed by atoms with Crippen molar-refractivity contribution in [2.45, 2.75) is 50.0 Å². The van der Waals surface area contributed by atoms with Gasteiger partial charge in [0.05, 0.1) is 4.90 Å². The van der Waals surface area contributed by atoms with E-state index in [4.69, 9.17) is 0 Å². The van der Waals surface area contributed by atoms with E-state index in [0.717, 1.165) is 29.4 Å². The second-order valence-electron chi connectivity index (χ2n) is 8.38. The predicted molar refractivity (Wildman–Crippen MR) is 119 cm³/mol. The van der Waals surface area contributed by atoms with Crippen LogP contribution in [0.2, 0.25) is 0 Å². The molecule has 0 spiro atoms. The lowest BCUT2D eigenvalue weighted by atomic mass is 10.0. The van der Waals surface area contributed by atoms with Crippen LogP contribution in [0.3, 0.4) is 0 Å². The average molecular weight is 412 g/mol. The summed E-state index contributed by atoms with van der Waals surface area (Å²) in [6, 6.07) is 13.4. The Kier molecular flexibility index (Phi) is 5.40. The molecule has 1 aromatic heterocycles. The molecule has 29 heavy (non-hydrogen) atoms. The normalized spacial score (nSPS) is 18.0. The lowest BCUT2D eigenvalue weighted by Crippen LogP contribution is -2.26. The Morgan fingerprint density at radius 2 is 1.93 bits per heavy atom. The molecule has 1 saturated heterocycles. The molecular weight excluding hydrogens is 382 g/mol. The topological polar surface area (TPSA) is 65.2 Å². The highest BCUT2D eigenvalue weighted by atomic mass is 32.2. The van der Waals surface area contributed by atoms with Gasteiger partial charge in [0.15, 0.2) is 0 Å². The minimum Gasteiger partial charge on any atom is -0.361 e. The maximum Gasteiger partial charge on any atom is 0.261 e. The number of sulfonamides is 1. The van der Waals surface area contributed by atoms with Gasteiger partial charge in [-0.1, -0.05) is 26.0 Å². The van der Waals surface area contributed by atoms with Crippen molar-refractivity contribution >= 4 is 26.6 Å². The molecule has 0 amide bonds. The third-order valence-electron chi connectivity index (χ3n) is 6.00. The zero-order chi connectivity index (χ0) is 20.6. The lowest BCUT2D eigenvalue weighted by Gasteiger charge is -2.18. The Morgan fingerprint density at radius 3 is 2.59 bits per heavy atom. The van der Waals surface area contributed by atoms with E-state index >= 15 is 0 Å². The van der Waals surface area contributed by atoms with Crippen LogP contribution < -0.4 is 4.72 Å². The van der Waals surface area contributed by atoms with Crippen molar-refractivity contribution in [1.29, 1.82) is 0 Å². The highest BCUT2D eigenvalue weighted by Gasteiger charge is 2.22. The molecule has 1 atom stereocenters. The molecule has 1 aliphatic heterocycles. The number of fused-ring (bicyclic) bond motifs is 1. The number of likely N-dealkylation sites (N-methyl/N-ethyl adjacent to an activating group) is 1. The smallest absolute Gasteiger partial charge is 0.261 e. The Hall–Kier alpha value is -2.31. The SMILES string of the molecule is CC(C)c1ccc(S(=O)(=O)Nc2ccc3[nH]cc(C[C@H]4CCCN4C)c3c2)cc1. The molecule has 0 saturated carbocycles. The van der Waals surface area contributed by atoms with Crippen LogP contribution in [0, 0.1) is 0 Å². The number of benzene rings is 2. The maximum atomic E-state index is 12.8. The summed E-state index contributed by atoms with van der Waals surface area (Å²) < 4.78 is 28.4. The van der Waals surface area contributed by atoms with Gasteiger partial charge in [-0.15, -0.1) is 0 Å². The molecule has 2 aromatic carbocycles. The van der Waals surface area contributed by atoms with E-state index in [2.05, 4.69) is 41.7 Å². The number of H-pyrrole nitrogens is 1. The third kappa shape index (κ3) is 4.19. The summed E-state index contributed by atoms with van der Waals surface area (Å²) in [5, 5.41) is 1.08. The number of nitrogens with one attached hydrogen (secondary N) is 2. The first-order valence-corrected chi connectivity index (χ1v) is 11.7. The molecule has 0 unspecified atom stereocenters.